The highest BCUT2D eigenvalue weighted by Gasteiger charge is 2.48. The van der Waals surface area contributed by atoms with Crippen molar-refractivity contribution in [2.24, 2.45) is 5.92 Å². The number of halogens is 1. The Labute approximate surface area is 187 Å². The van der Waals surface area contributed by atoms with Gasteiger partial charge in [-0.3, -0.25) is 14.5 Å². The van der Waals surface area contributed by atoms with Gasteiger partial charge in [-0.25, -0.2) is 9.59 Å². The molecule has 1 aliphatic carbocycles. The number of carbonyl (C=O) groups is 4. The number of nitrogens with zero attached hydrogens (tertiary/aromatic N) is 1. The summed E-state index contributed by atoms with van der Waals surface area (Å²) in [6.07, 6.45) is 1.41. The molecule has 1 N–H and O–H groups in total. The Hall–Kier alpha value is -2.61. The Kier molecular flexibility index (Phi) is 8.44. The highest BCUT2D eigenvalue weighted by atomic mass is 35.5. The first kappa shape index (κ1) is 24.7. The quantitative estimate of drug-likeness (QED) is 0.502. The second kappa shape index (κ2) is 10.6. The average Bonchev–Trinajstić information content (AvgIpc) is 2.73. The molecule has 1 aromatic carbocycles. The van der Waals surface area contributed by atoms with Crippen molar-refractivity contribution in [3.8, 4) is 0 Å². The van der Waals surface area contributed by atoms with E-state index in [9.17, 15) is 19.2 Å². The summed E-state index contributed by atoms with van der Waals surface area (Å²) in [7, 11) is 1.47. The summed E-state index contributed by atoms with van der Waals surface area (Å²) in [5.41, 5.74) is -0.696. The van der Waals surface area contributed by atoms with E-state index in [1.165, 1.54) is 18.9 Å². The molecular formula is C22H29ClN2O6. The van der Waals surface area contributed by atoms with Crippen molar-refractivity contribution in [2.45, 2.75) is 58.0 Å². The topological polar surface area (TPSA) is 102 Å². The molecule has 1 aliphatic rings. The van der Waals surface area contributed by atoms with Crippen LogP contribution in [0.1, 0.15) is 52.0 Å². The number of likely N-dealkylation sites (N-methyl/N-ethyl adjacent to an activating group) is 1. The monoisotopic (exact) mass is 452 g/mol. The van der Waals surface area contributed by atoms with Crippen LogP contribution >= 0.6 is 11.6 Å². The first-order valence-electron chi connectivity index (χ1n) is 10.3. The third-order valence-corrected chi connectivity index (χ3v) is 5.77. The van der Waals surface area contributed by atoms with Crippen LogP contribution in [0.2, 0.25) is 5.02 Å². The fourth-order valence-corrected chi connectivity index (χ4v) is 3.88. The highest BCUT2D eigenvalue weighted by molar-refractivity contribution is 6.31. The van der Waals surface area contributed by atoms with E-state index in [2.05, 4.69) is 5.32 Å². The lowest BCUT2D eigenvalue weighted by atomic mass is 9.74. The summed E-state index contributed by atoms with van der Waals surface area (Å²) in [6, 6.07) is 6.03. The molecule has 0 unspecified atom stereocenters. The third kappa shape index (κ3) is 5.55. The fraction of sp³-hybridized carbons (Fsp3) is 0.545. The molecule has 1 fully saturated rings. The van der Waals surface area contributed by atoms with Gasteiger partial charge in [-0.05, 0) is 32.3 Å². The number of nitrogens with one attached hydrogen (secondary N) is 1. The second-order valence-electron chi connectivity index (χ2n) is 7.91. The van der Waals surface area contributed by atoms with Crippen LogP contribution in [0.4, 0.5) is 4.79 Å². The predicted octanol–water partition coefficient (Wildman–Crippen LogP) is 3.41. The first-order valence-corrected chi connectivity index (χ1v) is 10.6. The number of hydrogen-bond donors (Lipinski definition) is 1. The lowest BCUT2D eigenvalue weighted by Gasteiger charge is -2.43. The van der Waals surface area contributed by atoms with Crippen LogP contribution in [0.3, 0.4) is 0 Å². The molecular weight excluding hydrogens is 424 g/mol. The zero-order valence-corrected chi connectivity index (χ0v) is 19.0. The van der Waals surface area contributed by atoms with Gasteiger partial charge in [0, 0.05) is 30.0 Å². The molecule has 0 saturated heterocycles. The lowest BCUT2D eigenvalue weighted by Crippen LogP contribution is -2.54. The normalized spacial score (nSPS) is 19.5. The van der Waals surface area contributed by atoms with Crippen LogP contribution in [0, 0.1) is 5.92 Å². The molecule has 8 nitrogen and oxygen atoms in total. The summed E-state index contributed by atoms with van der Waals surface area (Å²) in [5.74, 6) is -1.43. The van der Waals surface area contributed by atoms with Gasteiger partial charge in [-0.2, -0.15) is 0 Å². The molecule has 2 atom stereocenters. The number of carbonyl (C=O) groups excluding carboxylic acids is 4. The van der Waals surface area contributed by atoms with Crippen LogP contribution in [0.25, 0.3) is 0 Å². The molecule has 0 aliphatic heterocycles. The molecule has 1 saturated carbocycles. The van der Waals surface area contributed by atoms with Gasteiger partial charge in [0.25, 0.3) is 0 Å². The Morgan fingerprint density at radius 2 is 1.84 bits per heavy atom. The van der Waals surface area contributed by atoms with Crippen LogP contribution in [0.5, 0.6) is 0 Å². The standard InChI is InChI=1S/C22H29ClN2O6/c1-14(2)19(27)24-15(3)20(28)30-13-31-21(29)25(4)22(12-8-7-11-18(22)26)16-9-5-6-10-17(16)23/h5-6,9-10,14-15H,7-8,11-13H2,1-4H3,(H,24,27)/t15-,22-/m0/s1. The van der Waals surface area contributed by atoms with Crippen LogP contribution in [-0.2, 0) is 29.4 Å². The zero-order chi connectivity index (χ0) is 23.2. The van der Waals surface area contributed by atoms with Crippen molar-refractivity contribution < 1.29 is 28.7 Å². The van der Waals surface area contributed by atoms with Gasteiger partial charge in [0.2, 0.25) is 12.7 Å². The summed E-state index contributed by atoms with van der Waals surface area (Å²) < 4.78 is 10.0. The maximum Gasteiger partial charge on any atom is 0.413 e. The van der Waals surface area contributed by atoms with Crippen LogP contribution in [-0.4, -0.2) is 48.5 Å². The molecule has 9 heteroatoms. The van der Waals surface area contributed by atoms with E-state index in [0.717, 1.165) is 12.8 Å². The molecule has 0 heterocycles. The number of benzene rings is 1. The second-order valence-corrected chi connectivity index (χ2v) is 8.31. The van der Waals surface area contributed by atoms with Crippen molar-refractivity contribution >= 4 is 35.4 Å². The van der Waals surface area contributed by atoms with E-state index in [1.807, 2.05) is 0 Å². The molecule has 0 spiro atoms. The van der Waals surface area contributed by atoms with Gasteiger partial charge in [-0.1, -0.05) is 43.6 Å². The maximum atomic E-state index is 13.0. The van der Waals surface area contributed by atoms with E-state index in [4.69, 9.17) is 21.1 Å². The Morgan fingerprint density at radius 1 is 1.16 bits per heavy atom. The number of hydrogen-bond acceptors (Lipinski definition) is 6. The smallest absolute Gasteiger partial charge is 0.413 e. The molecule has 31 heavy (non-hydrogen) atoms. The van der Waals surface area contributed by atoms with Gasteiger partial charge in [0.05, 0.1) is 0 Å². The number of amides is 2. The fourth-order valence-electron chi connectivity index (χ4n) is 3.58. The maximum absolute atomic E-state index is 13.0. The molecule has 1 aromatic rings. The zero-order valence-electron chi connectivity index (χ0n) is 18.3. The SMILES string of the molecule is CC(C)C(=O)N[C@@H](C)C(=O)OCOC(=O)N(C)[C@]1(c2ccccc2Cl)CCCCC1=O. The van der Waals surface area contributed by atoms with Gasteiger partial charge in [-0.15, -0.1) is 0 Å². The number of ketones is 1. The van der Waals surface area contributed by atoms with E-state index < -0.39 is 30.4 Å². The van der Waals surface area contributed by atoms with Crippen LogP contribution in [0.15, 0.2) is 24.3 Å². The highest BCUT2D eigenvalue weighted by Crippen LogP contribution is 2.42. The van der Waals surface area contributed by atoms with Gasteiger partial charge in [0.1, 0.15) is 11.6 Å². The van der Waals surface area contributed by atoms with Crippen molar-refractivity contribution in [1.82, 2.24) is 10.2 Å². The van der Waals surface area contributed by atoms with E-state index in [-0.39, 0.29) is 17.6 Å². The number of esters is 1. The number of ether oxygens (including phenoxy) is 2. The third-order valence-electron chi connectivity index (χ3n) is 5.44. The predicted molar refractivity (Wildman–Crippen MR) is 114 cm³/mol. The first-order chi connectivity index (χ1) is 14.6. The Morgan fingerprint density at radius 3 is 2.45 bits per heavy atom. The van der Waals surface area contributed by atoms with Gasteiger partial charge in [0.15, 0.2) is 5.78 Å². The minimum atomic E-state index is -1.24. The molecule has 2 rings (SSSR count). The van der Waals surface area contributed by atoms with Gasteiger partial charge < -0.3 is 14.8 Å². The Bertz CT molecular complexity index is 843. The summed E-state index contributed by atoms with van der Waals surface area (Å²) in [4.78, 5) is 50.7. The summed E-state index contributed by atoms with van der Waals surface area (Å²) >= 11 is 6.37. The van der Waals surface area contributed by atoms with Crippen molar-refractivity contribution in [1.29, 1.82) is 0 Å². The van der Waals surface area contributed by atoms with Crippen LogP contribution < -0.4 is 5.32 Å². The molecule has 2 amide bonds. The largest absolute Gasteiger partial charge is 0.426 e. The van der Waals surface area contributed by atoms with Gasteiger partial charge >= 0.3 is 12.1 Å². The summed E-state index contributed by atoms with van der Waals surface area (Å²) in [5, 5.41) is 2.90. The molecule has 0 radical (unpaired) electrons. The average molecular weight is 453 g/mol. The van der Waals surface area contributed by atoms with Crippen molar-refractivity contribution in [3.05, 3.63) is 34.9 Å². The van der Waals surface area contributed by atoms with Crippen molar-refractivity contribution in [3.63, 3.8) is 0 Å². The minimum Gasteiger partial charge on any atom is -0.426 e. The number of rotatable bonds is 7. The molecule has 170 valence electrons. The van der Waals surface area contributed by atoms with E-state index in [0.29, 0.717) is 23.4 Å². The van der Waals surface area contributed by atoms with E-state index in [1.54, 1.807) is 38.1 Å². The van der Waals surface area contributed by atoms with E-state index >= 15 is 0 Å². The summed E-state index contributed by atoms with van der Waals surface area (Å²) in [6.45, 7) is 4.24. The lowest BCUT2D eigenvalue weighted by molar-refractivity contribution is -0.156. The minimum absolute atomic E-state index is 0.117. The Balaban J connectivity index is 2.06. The van der Waals surface area contributed by atoms with Crippen molar-refractivity contribution in [2.75, 3.05) is 13.8 Å². The number of Topliss-reactive ketones (excluding diaryl/α,β-unsaturated/α-hetero) is 1. The molecule has 0 bridgehead atoms. The molecule has 0 aromatic heterocycles.